The summed E-state index contributed by atoms with van der Waals surface area (Å²) in [5.74, 6) is 0.709. The van der Waals surface area contributed by atoms with E-state index < -0.39 is 0 Å². The van der Waals surface area contributed by atoms with Gasteiger partial charge in [-0.1, -0.05) is 30.3 Å². The molecule has 2 rings (SSSR count). The summed E-state index contributed by atoms with van der Waals surface area (Å²) in [4.78, 5) is 11.9. The number of carbonyl (C=O) groups excluding carboxylic acids is 1. The van der Waals surface area contributed by atoms with Gasteiger partial charge in [-0.05, 0) is 29.8 Å². The Balaban J connectivity index is 1.84. The Hall–Kier alpha value is -2.13. The van der Waals surface area contributed by atoms with Crippen molar-refractivity contribution in [1.29, 1.82) is 0 Å². The summed E-state index contributed by atoms with van der Waals surface area (Å²) in [5, 5.41) is 0. The molecule has 3 heteroatoms. The molecule has 2 aromatic rings. The second kappa shape index (κ2) is 6.71. The fourth-order valence-corrected chi connectivity index (χ4v) is 1.70. The Labute approximate surface area is 112 Å². The lowest BCUT2D eigenvalue weighted by molar-refractivity contribution is 0.0726. The van der Waals surface area contributed by atoms with Gasteiger partial charge in [-0.25, -0.2) is 0 Å². The van der Waals surface area contributed by atoms with Crippen LogP contribution in [0.15, 0.2) is 54.6 Å². The van der Waals surface area contributed by atoms with Gasteiger partial charge in [0.25, 0.3) is 0 Å². The molecular weight excluding hydrogens is 240 g/mol. The van der Waals surface area contributed by atoms with Crippen molar-refractivity contribution < 1.29 is 14.3 Å². The summed E-state index contributed by atoms with van der Waals surface area (Å²) in [7, 11) is 1.60. The summed E-state index contributed by atoms with van der Waals surface area (Å²) in [6.07, 6.45) is 0. The molecule has 0 bridgehead atoms. The van der Waals surface area contributed by atoms with Crippen LogP contribution in [0.3, 0.4) is 0 Å². The molecule has 0 saturated heterocycles. The van der Waals surface area contributed by atoms with E-state index in [4.69, 9.17) is 9.47 Å². The minimum atomic E-state index is -0.0291. The highest BCUT2D eigenvalue weighted by Crippen LogP contribution is 2.12. The molecule has 0 saturated carbocycles. The normalized spacial score (nSPS) is 10.2. The topological polar surface area (TPSA) is 35.5 Å². The van der Waals surface area contributed by atoms with E-state index in [1.807, 2.05) is 30.3 Å². The molecule has 0 heterocycles. The molecule has 98 valence electrons. The number of hydrogen-bond donors (Lipinski definition) is 0. The van der Waals surface area contributed by atoms with Crippen molar-refractivity contribution in [3.05, 3.63) is 65.7 Å². The van der Waals surface area contributed by atoms with Crippen LogP contribution in [0, 0.1) is 0 Å². The molecule has 0 radical (unpaired) electrons. The van der Waals surface area contributed by atoms with E-state index in [0.29, 0.717) is 12.2 Å². The maximum atomic E-state index is 11.9. The lowest BCUT2D eigenvalue weighted by Gasteiger charge is -2.05. The minimum absolute atomic E-state index is 0.0291. The van der Waals surface area contributed by atoms with Gasteiger partial charge in [-0.2, -0.15) is 0 Å². The van der Waals surface area contributed by atoms with E-state index >= 15 is 0 Å². The van der Waals surface area contributed by atoms with E-state index in [0.717, 1.165) is 11.3 Å². The van der Waals surface area contributed by atoms with Gasteiger partial charge in [0.15, 0.2) is 5.78 Å². The van der Waals surface area contributed by atoms with Gasteiger partial charge >= 0.3 is 0 Å². The average Bonchev–Trinajstić information content (AvgIpc) is 2.48. The SMILES string of the molecule is COc1ccc(C(=O)COCc2ccccc2)cc1. The highest BCUT2D eigenvalue weighted by molar-refractivity contribution is 5.97. The van der Waals surface area contributed by atoms with Crippen LogP contribution in [0.1, 0.15) is 15.9 Å². The average molecular weight is 256 g/mol. The van der Waals surface area contributed by atoms with E-state index in [2.05, 4.69) is 0 Å². The quantitative estimate of drug-likeness (QED) is 0.745. The first-order valence-corrected chi connectivity index (χ1v) is 6.08. The molecule has 19 heavy (non-hydrogen) atoms. The highest BCUT2D eigenvalue weighted by Gasteiger charge is 2.06. The zero-order valence-electron chi connectivity index (χ0n) is 10.8. The Morgan fingerprint density at radius 2 is 1.68 bits per heavy atom. The van der Waals surface area contributed by atoms with Crippen LogP contribution < -0.4 is 4.74 Å². The third-order valence-corrected chi connectivity index (χ3v) is 2.76. The van der Waals surface area contributed by atoms with Crippen molar-refractivity contribution in [2.24, 2.45) is 0 Å². The largest absolute Gasteiger partial charge is 0.497 e. The van der Waals surface area contributed by atoms with Gasteiger partial charge in [0, 0.05) is 5.56 Å². The predicted octanol–water partition coefficient (Wildman–Crippen LogP) is 3.09. The number of ether oxygens (including phenoxy) is 2. The lowest BCUT2D eigenvalue weighted by Crippen LogP contribution is -2.09. The molecule has 0 fully saturated rings. The van der Waals surface area contributed by atoms with Crippen molar-refractivity contribution in [3.8, 4) is 5.75 Å². The molecule has 0 aliphatic rings. The first-order chi connectivity index (χ1) is 9.29. The van der Waals surface area contributed by atoms with Gasteiger partial charge in [0.2, 0.25) is 0 Å². The number of rotatable bonds is 6. The van der Waals surface area contributed by atoms with Crippen LogP contribution in [0.25, 0.3) is 0 Å². The smallest absolute Gasteiger partial charge is 0.188 e. The number of methoxy groups -OCH3 is 1. The zero-order chi connectivity index (χ0) is 13.5. The van der Waals surface area contributed by atoms with E-state index in [9.17, 15) is 4.79 Å². The fourth-order valence-electron chi connectivity index (χ4n) is 1.70. The van der Waals surface area contributed by atoms with Gasteiger partial charge < -0.3 is 9.47 Å². The Bertz CT molecular complexity index is 517. The highest BCUT2D eigenvalue weighted by atomic mass is 16.5. The molecule has 2 aromatic carbocycles. The van der Waals surface area contributed by atoms with E-state index in [1.165, 1.54) is 0 Å². The van der Waals surface area contributed by atoms with Crippen LogP contribution in [0.5, 0.6) is 5.75 Å². The summed E-state index contributed by atoms with van der Waals surface area (Å²) in [6.45, 7) is 0.532. The number of carbonyl (C=O) groups is 1. The Morgan fingerprint density at radius 1 is 1.00 bits per heavy atom. The lowest BCUT2D eigenvalue weighted by atomic mass is 10.1. The first kappa shape index (κ1) is 13.3. The van der Waals surface area contributed by atoms with Crippen molar-refractivity contribution >= 4 is 5.78 Å². The molecule has 3 nitrogen and oxygen atoms in total. The molecule has 0 aliphatic carbocycles. The van der Waals surface area contributed by atoms with Crippen LogP contribution in [-0.2, 0) is 11.3 Å². The second-order valence-electron chi connectivity index (χ2n) is 4.13. The zero-order valence-corrected chi connectivity index (χ0v) is 10.8. The van der Waals surface area contributed by atoms with Crippen molar-refractivity contribution in [1.82, 2.24) is 0 Å². The Morgan fingerprint density at radius 3 is 2.32 bits per heavy atom. The third kappa shape index (κ3) is 3.93. The standard InChI is InChI=1S/C16H16O3/c1-18-15-9-7-14(8-10-15)16(17)12-19-11-13-5-3-2-4-6-13/h2-10H,11-12H2,1H3. The van der Waals surface area contributed by atoms with E-state index in [1.54, 1.807) is 31.4 Å². The van der Waals surface area contributed by atoms with Gasteiger partial charge in [-0.15, -0.1) is 0 Å². The van der Waals surface area contributed by atoms with Gasteiger partial charge in [0.1, 0.15) is 12.4 Å². The summed E-state index contributed by atoms with van der Waals surface area (Å²) in [5.41, 5.74) is 1.69. The number of hydrogen-bond acceptors (Lipinski definition) is 3. The molecule has 0 aromatic heterocycles. The fraction of sp³-hybridized carbons (Fsp3) is 0.188. The summed E-state index contributed by atoms with van der Waals surface area (Å²) < 4.78 is 10.5. The van der Waals surface area contributed by atoms with Crippen molar-refractivity contribution in [2.75, 3.05) is 13.7 Å². The Kier molecular flexibility index (Phi) is 4.70. The molecule has 0 aliphatic heterocycles. The van der Waals surface area contributed by atoms with Crippen LogP contribution >= 0.6 is 0 Å². The molecule has 0 atom stereocenters. The number of Topliss-reactive ketones (excluding diaryl/α,β-unsaturated/α-hetero) is 1. The first-order valence-electron chi connectivity index (χ1n) is 6.08. The van der Waals surface area contributed by atoms with E-state index in [-0.39, 0.29) is 12.4 Å². The predicted molar refractivity (Wildman–Crippen MR) is 73.4 cm³/mol. The third-order valence-electron chi connectivity index (χ3n) is 2.76. The minimum Gasteiger partial charge on any atom is -0.497 e. The van der Waals surface area contributed by atoms with Crippen LogP contribution in [0.2, 0.25) is 0 Å². The maximum absolute atomic E-state index is 11.9. The molecule has 0 unspecified atom stereocenters. The number of benzene rings is 2. The molecule has 0 amide bonds. The number of ketones is 1. The molecular formula is C16H16O3. The monoisotopic (exact) mass is 256 g/mol. The summed E-state index contributed by atoms with van der Waals surface area (Å²) in [6, 6.07) is 16.8. The van der Waals surface area contributed by atoms with Crippen LogP contribution in [-0.4, -0.2) is 19.5 Å². The summed E-state index contributed by atoms with van der Waals surface area (Å²) >= 11 is 0. The van der Waals surface area contributed by atoms with Gasteiger partial charge in [0.05, 0.1) is 13.7 Å². The maximum Gasteiger partial charge on any atom is 0.188 e. The van der Waals surface area contributed by atoms with Crippen LogP contribution in [0.4, 0.5) is 0 Å². The van der Waals surface area contributed by atoms with Gasteiger partial charge in [-0.3, -0.25) is 4.79 Å². The van der Waals surface area contributed by atoms with Crippen molar-refractivity contribution in [3.63, 3.8) is 0 Å². The second-order valence-corrected chi connectivity index (χ2v) is 4.13. The van der Waals surface area contributed by atoms with Crippen molar-refractivity contribution in [2.45, 2.75) is 6.61 Å². The molecule has 0 N–H and O–H groups in total. The molecule has 0 spiro atoms.